The maximum absolute atomic E-state index is 12.5. The molecule has 2 atom stereocenters. The summed E-state index contributed by atoms with van der Waals surface area (Å²) >= 11 is 6.00. The van der Waals surface area contributed by atoms with E-state index in [1.807, 2.05) is 12.1 Å². The van der Waals surface area contributed by atoms with Crippen LogP contribution < -0.4 is 5.32 Å². The van der Waals surface area contributed by atoms with E-state index in [2.05, 4.69) is 40.5 Å². The molecule has 130 valence electrons. The van der Waals surface area contributed by atoms with E-state index in [1.54, 1.807) is 12.1 Å². The van der Waals surface area contributed by atoms with E-state index >= 15 is 0 Å². The summed E-state index contributed by atoms with van der Waals surface area (Å²) in [7, 11) is 0. The molecule has 1 N–H and O–H groups in total. The third kappa shape index (κ3) is 3.73. The molecule has 0 radical (unpaired) electrons. The molecule has 3 nitrogen and oxygen atoms in total. The Morgan fingerprint density at radius 3 is 2.44 bits per heavy atom. The largest absolute Gasteiger partial charge is 0.349 e. The molecule has 2 aromatic rings. The summed E-state index contributed by atoms with van der Waals surface area (Å²) < 4.78 is 0. The van der Waals surface area contributed by atoms with E-state index < -0.39 is 0 Å². The van der Waals surface area contributed by atoms with Crippen molar-refractivity contribution < 1.29 is 4.79 Å². The lowest BCUT2D eigenvalue weighted by atomic mass is 9.96. The Balaban J connectivity index is 1.39. The topological polar surface area (TPSA) is 32.3 Å². The Bertz CT molecular complexity index is 735. The Morgan fingerprint density at radius 2 is 1.76 bits per heavy atom. The lowest BCUT2D eigenvalue weighted by Gasteiger charge is -2.39. The first-order valence-corrected chi connectivity index (χ1v) is 9.43. The molecule has 0 aliphatic carbocycles. The van der Waals surface area contributed by atoms with Gasteiger partial charge in [-0.1, -0.05) is 48.0 Å². The van der Waals surface area contributed by atoms with E-state index in [1.165, 1.54) is 18.4 Å². The average Bonchev–Trinajstić information content (AvgIpc) is 2.85. The van der Waals surface area contributed by atoms with E-state index in [-0.39, 0.29) is 11.9 Å². The van der Waals surface area contributed by atoms with Gasteiger partial charge in [0.25, 0.3) is 5.91 Å². The molecule has 0 spiro atoms. The fourth-order valence-corrected chi connectivity index (χ4v) is 4.53. The molecule has 2 heterocycles. The number of carbonyl (C=O) groups excluding carboxylic acids is 1. The summed E-state index contributed by atoms with van der Waals surface area (Å²) in [5.41, 5.74) is 2.02. The van der Waals surface area contributed by atoms with Crippen LogP contribution in [0.25, 0.3) is 0 Å². The van der Waals surface area contributed by atoms with Gasteiger partial charge in [-0.2, -0.15) is 0 Å². The quantitative estimate of drug-likeness (QED) is 0.889. The normalized spacial score (nSPS) is 25.7. The number of hydrogen-bond acceptors (Lipinski definition) is 2. The predicted octanol–water partition coefficient (Wildman–Crippen LogP) is 4.27. The second kappa shape index (κ2) is 7.19. The molecule has 4 heteroatoms. The molecule has 0 aromatic heterocycles. The van der Waals surface area contributed by atoms with E-state index in [9.17, 15) is 4.79 Å². The van der Waals surface area contributed by atoms with Gasteiger partial charge in [-0.25, -0.2) is 0 Å². The Morgan fingerprint density at radius 1 is 1.04 bits per heavy atom. The van der Waals surface area contributed by atoms with Gasteiger partial charge >= 0.3 is 0 Å². The number of fused-ring (bicyclic) bond motifs is 2. The molecule has 2 aromatic carbocycles. The van der Waals surface area contributed by atoms with E-state index in [0.717, 1.165) is 19.4 Å². The summed E-state index contributed by atoms with van der Waals surface area (Å²) in [6.45, 7) is 1.02. The molecule has 2 aliphatic heterocycles. The van der Waals surface area contributed by atoms with Gasteiger partial charge in [0.05, 0.1) is 0 Å². The van der Waals surface area contributed by atoms with Crippen molar-refractivity contribution >= 4 is 17.5 Å². The van der Waals surface area contributed by atoms with Gasteiger partial charge in [0.15, 0.2) is 0 Å². The van der Waals surface area contributed by atoms with Crippen LogP contribution in [0.3, 0.4) is 0 Å². The number of carbonyl (C=O) groups is 1. The molecule has 0 saturated carbocycles. The number of nitrogens with one attached hydrogen (secondary N) is 1. The number of nitrogens with zero attached hydrogens (tertiary/aromatic N) is 1. The molecule has 1 amide bonds. The van der Waals surface area contributed by atoms with Crippen molar-refractivity contribution in [3.8, 4) is 0 Å². The summed E-state index contributed by atoms with van der Waals surface area (Å²) in [5, 5.41) is 3.83. The zero-order valence-corrected chi connectivity index (χ0v) is 15.0. The van der Waals surface area contributed by atoms with Crippen molar-refractivity contribution in [1.29, 1.82) is 0 Å². The maximum Gasteiger partial charge on any atom is 0.251 e. The van der Waals surface area contributed by atoms with Gasteiger partial charge in [-0.15, -0.1) is 0 Å². The fourth-order valence-electron chi connectivity index (χ4n) is 4.34. The Kier molecular flexibility index (Phi) is 4.78. The SMILES string of the molecule is O=C(NC1C[C@H]2CC[C@H](C1)N2Cc1ccccc1)c1cccc(Cl)c1. The first-order chi connectivity index (χ1) is 12.2. The number of rotatable bonds is 4. The lowest BCUT2D eigenvalue weighted by molar-refractivity contribution is 0.0828. The number of benzene rings is 2. The second-order valence-corrected chi connectivity index (χ2v) is 7.63. The van der Waals surface area contributed by atoms with Crippen LogP contribution in [-0.2, 0) is 6.54 Å². The molecule has 2 saturated heterocycles. The van der Waals surface area contributed by atoms with Gasteiger partial charge < -0.3 is 5.32 Å². The lowest BCUT2D eigenvalue weighted by Crippen LogP contribution is -2.49. The molecule has 4 rings (SSSR count). The Labute approximate surface area is 154 Å². The molecule has 25 heavy (non-hydrogen) atoms. The highest BCUT2D eigenvalue weighted by molar-refractivity contribution is 6.30. The van der Waals surface area contributed by atoms with Crippen molar-refractivity contribution in [2.45, 2.75) is 50.4 Å². The number of hydrogen-bond donors (Lipinski definition) is 1. The third-order valence-corrected chi connectivity index (χ3v) is 5.75. The third-order valence-electron chi connectivity index (χ3n) is 5.51. The molecular formula is C21H23ClN2O. The molecule has 2 aliphatic rings. The van der Waals surface area contributed by atoms with Crippen molar-refractivity contribution in [2.24, 2.45) is 0 Å². The van der Waals surface area contributed by atoms with E-state index in [4.69, 9.17) is 11.6 Å². The van der Waals surface area contributed by atoms with Crippen molar-refractivity contribution in [1.82, 2.24) is 10.2 Å². The summed E-state index contributed by atoms with van der Waals surface area (Å²) in [6, 6.07) is 19.3. The van der Waals surface area contributed by atoms with Crippen LogP contribution in [0.15, 0.2) is 54.6 Å². The predicted molar refractivity (Wildman–Crippen MR) is 101 cm³/mol. The van der Waals surface area contributed by atoms with Crippen molar-refractivity contribution in [2.75, 3.05) is 0 Å². The van der Waals surface area contributed by atoms with Crippen LogP contribution in [0.2, 0.25) is 5.02 Å². The van der Waals surface area contributed by atoms with Crippen LogP contribution >= 0.6 is 11.6 Å². The van der Waals surface area contributed by atoms with Gasteiger partial charge in [0.1, 0.15) is 0 Å². The van der Waals surface area contributed by atoms with Gasteiger partial charge in [0.2, 0.25) is 0 Å². The monoisotopic (exact) mass is 354 g/mol. The second-order valence-electron chi connectivity index (χ2n) is 7.20. The van der Waals surface area contributed by atoms with Gasteiger partial charge in [-0.05, 0) is 49.4 Å². The molecular weight excluding hydrogens is 332 g/mol. The average molecular weight is 355 g/mol. The molecule has 2 fully saturated rings. The first kappa shape index (κ1) is 16.6. The maximum atomic E-state index is 12.5. The minimum atomic E-state index is -0.0107. The fraction of sp³-hybridized carbons (Fsp3) is 0.381. The molecule has 0 unspecified atom stereocenters. The van der Waals surface area contributed by atoms with Crippen LogP contribution in [-0.4, -0.2) is 28.9 Å². The zero-order valence-electron chi connectivity index (χ0n) is 14.2. The number of amides is 1. The highest BCUT2D eigenvalue weighted by Crippen LogP contribution is 2.36. The number of halogens is 1. The van der Waals surface area contributed by atoms with Gasteiger partial charge in [0, 0.05) is 35.3 Å². The van der Waals surface area contributed by atoms with Gasteiger partial charge in [-0.3, -0.25) is 9.69 Å². The molecule has 2 bridgehead atoms. The number of piperidine rings is 1. The van der Waals surface area contributed by atoms with Crippen LogP contribution in [0.4, 0.5) is 0 Å². The highest BCUT2D eigenvalue weighted by atomic mass is 35.5. The Hall–Kier alpha value is -1.84. The smallest absolute Gasteiger partial charge is 0.251 e. The van der Waals surface area contributed by atoms with Crippen LogP contribution in [0.1, 0.15) is 41.6 Å². The van der Waals surface area contributed by atoms with Crippen molar-refractivity contribution in [3.63, 3.8) is 0 Å². The first-order valence-electron chi connectivity index (χ1n) is 9.05. The standard InChI is InChI=1S/C21H23ClN2O/c22-17-8-4-7-16(11-17)21(25)23-18-12-19-9-10-20(13-18)24(19)14-15-5-2-1-3-6-15/h1-8,11,18-20H,9-10,12-14H2,(H,23,25)/t19-,20-/m1/s1. The summed E-state index contributed by atoms with van der Waals surface area (Å²) in [5.74, 6) is -0.0107. The van der Waals surface area contributed by atoms with E-state index in [0.29, 0.717) is 22.7 Å². The van der Waals surface area contributed by atoms with Crippen molar-refractivity contribution in [3.05, 3.63) is 70.7 Å². The summed E-state index contributed by atoms with van der Waals surface area (Å²) in [4.78, 5) is 15.1. The minimum absolute atomic E-state index is 0.0107. The van der Waals surface area contributed by atoms with Crippen LogP contribution in [0, 0.1) is 0 Å². The zero-order chi connectivity index (χ0) is 17.2. The minimum Gasteiger partial charge on any atom is -0.349 e. The van der Waals surface area contributed by atoms with Crippen LogP contribution in [0.5, 0.6) is 0 Å². The summed E-state index contributed by atoms with van der Waals surface area (Å²) in [6.07, 6.45) is 4.55. The highest BCUT2D eigenvalue weighted by Gasteiger charge is 2.40.